The Bertz CT molecular complexity index is 1320. The second kappa shape index (κ2) is 11.1. The summed E-state index contributed by atoms with van der Waals surface area (Å²) in [5.74, 6) is 0.328. The molecular weight excluding hydrogens is 470 g/mol. The lowest BCUT2D eigenvalue weighted by molar-refractivity contribution is -0.127. The van der Waals surface area contributed by atoms with Crippen LogP contribution >= 0.6 is 0 Å². The predicted molar refractivity (Wildman–Crippen MR) is 144 cm³/mol. The van der Waals surface area contributed by atoms with Crippen molar-refractivity contribution < 1.29 is 9.90 Å². The number of piperidine rings is 1. The summed E-state index contributed by atoms with van der Waals surface area (Å²) in [6.07, 6.45) is 6.44. The summed E-state index contributed by atoms with van der Waals surface area (Å²) in [5, 5.41) is 12.9. The number of aliphatic hydroxyl groups excluding tert-OH is 1. The van der Waals surface area contributed by atoms with Crippen LogP contribution in [0.1, 0.15) is 18.9 Å². The Balaban J connectivity index is 1.33. The smallest absolute Gasteiger partial charge is 0.246 e. The number of carbonyl (C=O) groups is 1. The highest BCUT2D eigenvalue weighted by Crippen LogP contribution is 2.26. The summed E-state index contributed by atoms with van der Waals surface area (Å²) in [6.45, 7) is 9.51. The van der Waals surface area contributed by atoms with Gasteiger partial charge in [0.05, 0.1) is 18.0 Å². The number of aliphatic hydroxyl groups is 1. The summed E-state index contributed by atoms with van der Waals surface area (Å²) in [4.78, 5) is 40.2. The van der Waals surface area contributed by atoms with E-state index in [4.69, 9.17) is 10.1 Å². The Labute approximate surface area is 215 Å². The number of piperazine rings is 1. The Hall–Kier alpha value is -3.76. The van der Waals surface area contributed by atoms with E-state index in [-0.39, 0.29) is 24.0 Å². The lowest BCUT2D eigenvalue weighted by Crippen LogP contribution is -2.47. The highest BCUT2D eigenvalue weighted by atomic mass is 16.3. The fraction of sp³-hybridized carbons (Fsp3) is 0.407. The number of anilines is 3. The van der Waals surface area contributed by atoms with Gasteiger partial charge in [0, 0.05) is 75.6 Å². The Morgan fingerprint density at radius 3 is 2.65 bits per heavy atom. The Morgan fingerprint density at radius 1 is 1.14 bits per heavy atom. The van der Waals surface area contributed by atoms with Gasteiger partial charge in [-0.2, -0.15) is 4.98 Å². The summed E-state index contributed by atoms with van der Waals surface area (Å²) in [6, 6.07) is 9.71. The van der Waals surface area contributed by atoms with Crippen molar-refractivity contribution in [3.05, 3.63) is 65.6 Å². The van der Waals surface area contributed by atoms with E-state index in [1.54, 1.807) is 17.3 Å². The summed E-state index contributed by atoms with van der Waals surface area (Å²) >= 11 is 0. The van der Waals surface area contributed by atoms with Gasteiger partial charge in [-0.25, -0.2) is 4.98 Å². The second-order valence-corrected chi connectivity index (χ2v) is 9.53. The maximum atomic E-state index is 12.5. The minimum Gasteiger partial charge on any atom is -0.395 e. The molecular formula is C27H33N7O3. The molecule has 1 atom stereocenters. The first kappa shape index (κ1) is 24.9. The number of nitrogens with zero attached hydrogens (tertiary/aromatic N) is 6. The molecule has 2 fully saturated rings. The van der Waals surface area contributed by atoms with E-state index in [0.29, 0.717) is 30.1 Å². The van der Waals surface area contributed by atoms with Gasteiger partial charge in [-0.3, -0.25) is 14.5 Å². The van der Waals surface area contributed by atoms with Crippen molar-refractivity contribution in [3.8, 4) is 0 Å². The maximum Gasteiger partial charge on any atom is 0.246 e. The molecule has 0 saturated carbocycles. The minimum absolute atomic E-state index is 0.0145. The van der Waals surface area contributed by atoms with Gasteiger partial charge in [0.25, 0.3) is 0 Å². The first-order valence-electron chi connectivity index (χ1n) is 12.8. The standard InChI is InChI=1S/C27H33N7O3/c1-2-25(37)33-10-3-4-22(19-33)34-11-9-24(36)23-18-28-27(30-26(23)34)29-20-5-7-21(8-6-20)32-14-12-31(13-15-32)16-17-35/h2,5-9,11,18,22,35H,1,3-4,10,12-17,19H2,(H,28,29,30). The van der Waals surface area contributed by atoms with Crippen LogP contribution in [-0.4, -0.2) is 87.8 Å². The zero-order chi connectivity index (χ0) is 25.8. The van der Waals surface area contributed by atoms with Crippen LogP contribution in [0.3, 0.4) is 0 Å². The van der Waals surface area contributed by atoms with Crippen molar-refractivity contribution >= 4 is 34.3 Å². The third-order valence-corrected chi connectivity index (χ3v) is 7.22. The van der Waals surface area contributed by atoms with Gasteiger partial charge in [-0.15, -0.1) is 0 Å². The average Bonchev–Trinajstić information content (AvgIpc) is 2.94. The van der Waals surface area contributed by atoms with Gasteiger partial charge < -0.3 is 24.8 Å². The molecule has 2 aliphatic rings. The van der Waals surface area contributed by atoms with Crippen LogP contribution in [0.25, 0.3) is 11.0 Å². The SMILES string of the molecule is C=CC(=O)N1CCCC(n2ccc(=O)c3cnc(Nc4ccc(N5CCN(CCO)CC5)cc4)nc32)C1. The number of benzene rings is 1. The summed E-state index contributed by atoms with van der Waals surface area (Å²) in [5.41, 5.74) is 2.43. The number of likely N-dealkylation sites (tertiary alicyclic amines) is 1. The lowest BCUT2D eigenvalue weighted by atomic mass is 10.0. The molecule has 2 saturated heterocycles. The summed E-state index contributed by atoms with van der Waals surface area (Å²) in [7, 11) is 0. The van der Waals surface area contributed by atoms with E-state index in [2.05, 4.69) is 38.8 Å². The van der Waals surface area contributed by atoms with E-state index >= 15 is 0 Å². The van der Waals surface area contributed by atoms with Gasteiger partial charge in [0.1, 0.15) is 5.65 Å². The van der Waals surface area contributed by atoms with Crippen LogP contribution in [0, 0.1) is 0 Å². The van der Waals surface area contributed by atoms with E-state index in [0.717, 1.165) is 56.9 Å². The van der Waals surface area contributed by atoms with Crippen LogP contribution in [0.15, 0.2) is 60.2 Å². The third kappa shape index (κ3) is 5.50. The molecule has 1 aromatic carbocycles. The maximum absolute atomic E-state index is 12.5. The minimum atomic E-state index is -0.129. The molecule has 0 spiro atoms. The highest BCUT2D eigenvalue weighted by Gasteiger charge is 2.25. The molecule has 2 aliphatic heterocycles. The molecule has 2 aromatic heterocycles. The van der Waals surface area contributed by atoms with Gasteiger partial charge in [-0.05, 0) is 43.2 Å². The third-order valence-electron chi connectivity index (χ3n) is 7.22. The fourth-order valence-corrected chi connectivity index (χ4v) is 5.17. The van der Waals surface area contributed by atoms with Crippen molar-refractivity contribution in [1.29, 1.82) is 0 Å². The number of amides is 1. The molecule has 5 rings (SSSR count). The number of hydrogen-bond donors (Lipinski definition) is 2. The van der Waals surface area contributed by atoms with Crippen molar-refractivity contribution in [1.82, 2.24) is 24.3 Å². The molecule has 0 aliphatic carbocycles. The van der Waals surface area contributed by atoms with Crippen molar-refractivity contribution in [2.24, 2.45) is 0 Å². The van der Waals surface area contributed by atoms with E-state index in [1.807, 2.05) is 16.7 Å². The number of β-amino-alcohol motifs (C(OH)–C–C–N with tert-alkyl or cyclic N) is 1. The number of nitrogens with one attached hydrogen (secondary N) is 1. The largest absolute Gasteiger partial charge is 0.395 e. The van der Waals surface area contributed by atoms with Crippen molar-refractivity contribution in [3.63, 3.8) is 0 Å². The zero-order valence-electron chi connectivity index (χ0n) is 20.9. The molecule has 3 aromatic rings. The van der Waals surface area contributed by atoms with Gasteiger partial charge in [-0.1, -0.05) is 6.58 Å². The molecule has 4 heterocycles. The number of fused-ring (bicyclic) bond motifs is 1. The number of pyridine rings is 1. The molecule has 194 valence electrons. The number of rotatable bonds is 7. The second-order valence-electron chi connectivity index (χ2n) is 9.53. The van der Waals surface area contributed by atoms with E-state index in [9.17, 15) is 9.59 Å². The molecule has 37 heavy (non-hydrogen) atoms. The molecule has 10 heteroatoms. The van der Waals surface area contributed by atoms with Gasteiger partial charge in [0.15, 0.2) is 5.43 Å². The number of aromatic nitrogens is 3. The average molecular weight is 504 g/mol. The predicted octanol–water partition coefficient (Wildman–Crippen LogP) is 2.00. The van der Waals surface area contributed by atoms with E-state index in [1.165, 1.54) is 12.1 Å². The summed E-state index contributed by atoms with van der Waals surface area (Å²) < 4.78 is 1.99. The monoisotopic (exact) mass is 503 g/mol. The zero-order valence-corrected chi connectivity index (χ0v) is 20.9. The first-order chi connectivity index (χ1) is 18.1. The molecule has 10 nitrogen and oxygen atoms in total. The quantitative estimate of drug-likeness (QED) is 0.472. The first-order valence-corrected chi connectivity index (χ1v) is 12.8. The van der Waals surface area contributed by atoms with Crippen molar-refractivity contribution in [2.75, 3.05) is 62.6 Å². The van der Waals surface area contributed by atoms with Crippen LogP contribution in [0.4, 0.5) is 17.3 Å². The molecule has 0 bridgehead atoms. The van der Waals surface area contributed by atoms with Gasteiger partial charge in [0.2, 0.25) is 11.9 Å². The molecule has 1 unspecified atom stereocenters. The number of hydrogen-bond acceptors (Lipinski definition) is 8. The van der Waals surface area contributed by atoms with Crippen LogP contribution in [0.5, 0.6) is 0 Å². The molecule has 2 N–H and O–H groups in total. The van der Waals surface area contributed by atoms with Crippen molar-refractivity contribution in [2.45, 2.75) is 18.9 Å². The molecule has 1 amide bonds. The normalized spacial score (nSPS) is 18.7. The van der Waals surface area contributed by atoms with E-state index < -0.39 is 0 Å². The van der Waals surface area contributed by atoms with Gasteiger partial charge >= 0.3 is 0 Å². The van der Waals surface area contributed by atoms with Crippen LogP contribution in [-0.2, 0) is 4.79 Å². The molecule has 0 radical (unpaired) electrons. The topological polar surface area (TPSA) is 107 Å². The van der Waals surface area contributed by atoms with Crippen LogP contribution < -0.4 is 15.6 Å². The van der Waals surface area contributed by atoms with Crippen LogP contribution in [0.2, 0.25) is 0 Å². The Morgan fingerprint density at radius 2 is 1.92 bits per heavy atom. The number of carbonyl (C=O) groups excluding carboxylic acids is 1. The lowest BCUT2D eigenvalue weighted by Gasteiger charge is -2.35. The highest BCUT2D eigenvalue weighted by molar-refractivity contribution is 5.87. The Kier molecular flexibility index (Phi) is 7.47. The fourth-order valence-electron chi connectivity index (χ4n) is 5.17.